The van der Waals surface area contributed by atoms with Crippen molar-refractivity contribution in [3.8, 4) is 0 Å². The summed E-state index contributed by atoms with van der Waals surface area (Å²) in [7, 11) is 0. The summed E-state index contributed by atoms with van der Waals surface area (Å²) in [4.78, 5) is 7.18. The highest BCUT2D eigenvalue weighted by Gasteiger charge is 2.19. The summed E-state index contributed by atoms with van der Waals surface area (Å²) >= 11 is 0. The third-order valence-electron chi connectivity index (χ3n) is 5.21. The summed E-state index contributed by atoms with van der Waals surface area (Å²) in [5.74, 6) is 0. The molecule has 0 aliphatic carbocycles. The fourth-order valence-corrected chi connectivity index (χ4v) is 4.17. The van der Waals surface area contributed by atoms with Gasteiger partial charge in [0.25, 0.3) is 0 Å². The van der Waals surface area contributed by atoms with E-state index in [-0.39, 0.29) is 0 Å². The van der Waals surface area contributed by atoms with Gasteiger partial charge < -0.3 is 9.47 Å². The molecule has 1 aromatic carbocycles. The lowest BCUT2D eigenvalue weighted by Gasteiger charge is -2.30. The van der Waals surface area contributed by atoms with Crippen LogP contribution in [0, 0.1) is 6.92 Å². The fraction of sp³-hybridized carbons (Fsp3) is 0.450. The number of nitrogens with zero attached hydrogens (tertiary/aromatic N) is 3. The van der Waals surface area contributed by atoms with E-state index in [1.54, 1.807) is 0 Å². The van der Waals surface area contributed by atoms with E-state index in [1.165, 1.54) is 54.2 Å². The van der Waals surface area contributed by atoms with Crippen LogP contribution in [-0.2, 0) is 0 Å². The summed E-state index contributed by atoms with van der Waals surface area (Å²) in [6, 6.07) is 11.4. The molecule has 3 heterocycles. The average molecular weight is 307 g/mol. The SMILES string of the molecule is Cc1nccc2c3ccccc3n(C(C)CN3CCCCC3)c12. The maximum atomic E-state index is 4.56. The molecule has 4 rings (SSSR count). The van der Waals surface area contributed by atoms with Crippen molar-refractivity contribution in [3.05, 3.63) is 42.2 Å². The molecule has 0 bridgehead atoms. The maximum absolute atomic E-state index is 4.56. The predicted octanol–water partition coefficient (Wildman–Crippen LogP) is 4.54. The van der Waals surface area contributed by atoms with Gasteiger partial charge in [-0.15, -0.1) is 0 Å². The van der Waals surface area contributed by atoms with Gasteiger partial charge in [-0.2, -0.15) is 0 Å². The number of aromatic nitrogens is 2. The largest absolute Gasteiger partial charge is 0.335 e. The van der Waals surface area contributed by atoms with Gasteiger partial charge in [-0.3, -0.25) is 4.98 Å². The van der Waals surface area contributed by atoms with E-state index in [0.29, 0.717) is 6.04 Å². The average Bonchev–Trinajstić information content (AvgIpc) is 2.92. The molecule has 1 saturated heterocycles. The van der Waals surface area contributed by atoms with Crippen LogP contribution >= 0.6 is 0 Å². The molecule has 2 aromatic heterocycles. The second-order valence-electron chi connectivity index (χ2n) is 6.89. The van der Waals surface area contributed by atoms with Gasteiger partial charge in [0.05, 0.1) is 11.2 Å². The van der Waals surface area contributed by atoms with E-state index in [9.17, 15) is 0 Å². The number of hydrogen-bond donors (Lipinski definition) is 0. The summed E-state index contributed by atoms with van der Waals surface area (Å²) in [6.45, 7) is 8.11. The standard InChI is InChI=1S/C20H25N3/c1-15(14-22-12-6-3-7-13-22)23-19-9-5-4-8-17(19)18-10-11-21-16(2)20(18)23/h4-5,8-11,15H,3,6-7,12-14H2,1-2H3. The molecule has 120 valence electrons. The first-order valence-electron chi connectivity index (χ1n) is 8.82. The first-order chi connectivity index (χ1) is 11.3. The molecular weight excluding hydrogens is 282 g/mol. The van der Waals surface area contributed by atoms with Crippen molar-refractivity contribution in [3.63, 3.8) is 0 Å². The van der Waals surface area contributed by atoms with E-state index >= 15 is 0 Å². The molecule has 1 aliphatic heterocycles. The minimum Gasteiger partial charge on any atom is -0.335 e. The van der Waals surface area contributed by atoms with Gasteiger partial charge in [0.2, 0.25) is 0 Å². The second-order valence-corrected chi connectivity index (χ2v) is 6.89. The Bertz CT molecular complexity index is 827. The molecule has 3 aromatic rings. The van der Waals surface area contributed by atoms with Crippen LogP contribution in [0.5, 0.6) is 0 Å². The molecule has 0 saturated carbocycles. The molecule has 1 fully saturated rings. The quantitative estimate of drug-likeness (QED) is 0.708. The van der Waals surface area contributed by atoms with Crippen LogP contribution in [0.25, 0.3) is 21.8 Å². The van der Waals surface area contributed by atoms with Crippen LogP contribution in [0.15, 0.2) is 36.5 Å². The molecular formula is C20H25N3. The first kappa shape index (κ1) is 14.7. The molecule has 0 N–H and O–H groups in total. The highest BCUT2D eigenvalue weighted by Crippen LogP contribution is 2.33. The van der Waals surface area contributed by atoms with E-state index in [2.05, 4.69) is 58.6 Å². The summed E-state index contributed by atoms with van der Waals surface area (Å²) < 4.78 is 2.52. The smallest absolute Gasteiger partial charge is 0.0710 e. The Morgan fingerprint density at radius 3 is 2.65 bits per heavy atom. The van der Waals surface area contributed by atoms with Gasteiger partial charge in [-0.25, -0.2) is 0 Å². The molecule has 1 atom stereocenters. The minimum atomic E-state index is 0.457. The number of aryl methyl sites for hydroxylation is 1. The predicted molar refractivity (Wildman–Crippen MR) is 97.0 cm³/mol. The Balaban J connectivity index is 1.83. The van der Waals surface area contributed by atoms with Crippen molar-refractivity contribution in [2.24, 2.45) is 0 Å². The summed E-state index contributed by atoms with van der Waals surface area (Å²) in [6.07, 6.45) is 6.02. The number of piperidine rings is 1. The highest BCUT2D eigenvalue weighted by atomic mass is 15.2. The lowest BCUT2D eigenvalue weighted by molar-refractivity contribution is 0.204. The fourth-order valence-electron chi connectivity index (χ4n) is 4.17. The topological polar surface area (TPSA) is 21.1 Å². The highest BCUT2D eigenvalue weighted by molar-refractivity contribution is 6.08. The zero-order valence-electron chi connectivity index (χ0n) is 14.1. The molecule has 3 nitrogen and oxygen atoms in total. The van der Waals surface area contributed by atoms with E-state index in [0.717, 1.165) is 12.2 Å². The van der Waals surface area contributed by atoms with Crippen molar-refractivity contribution in [2.75, 3.05) is 19.6 Å². The molecule has 1 aliphatic rings. The zero-order chi connectivity index (χ0) is 15.8. The molecule has 3 heteroatoms. The van der Waals surface area contributed by atoms with Crippen molar-refractivity contribution in [1.82, 2.24) is 14.5 Å². The monoisotopic (exact) mass is 307 g/mol. The molecule has 0 amide bonds. The second kappa shape index (κ2) is 5.97. The number of para-hydroxylation sites is 1. The number of rotatable bonds is 3. The van der Waals surface area contributed by atoms with E-state index < -0.39 is 0 Å². The van der Waals surface area contributed by atoms with Crippen LogP contribution in [0.2, 0.25) is 0 Å². The van der Waals surface area contributed by atoms with Gasteiger partial charge in [0, 0.05) is 35.1 Å². The van der Waals surface area contributed by atoms with Crippen LogP contribution < -0.4 is 0 Å². The van der Waals surface area contributed by atoms with Gasteiger partial charge in [0.15, 0.2) is 0 Å². The van der Waals surface area contributed by atoms with Gasteiger partial charge in [-0.05, 0) is 51.9 Å². The lowest BCUT2D eigenvalue weighted by Crippen LogP contribution is -2.34. The Labute approximate surface area is 137 Å². The van der Waals surface area contributed by atoms with Crippen LogP contribution in [0.3, 0.4) is 0 Å². The molecule has 0 spiro atoms. The third kappa shape index (κ3) is 2.53. The number of fused-ring (bicyclic) bond motifs is 3. The minimum absolute atomic E-state index is 0.457. The van der Waals surface area contributed by atoms with Gasteiger partial charge in [-0.1, -0.05) is 24.6 Å². The maximum Gasteiger partial charge on any atom is 0.0710 e. The Morgan fingerprint density at radius 1 is 1.04 bits per heavy atom. The molecule has 1 unspecified atom stereocenters. The van der Waals surface area contributed by atoms with Gasteiger partial charge in [0.1, 0.15) is 0 Å². The van der Waals surface area contributed by atoms with Crippen LogP contribution in [-0.4, -0.2) is 34.1 Å². The Hall–Kier alpha value is -1.87. The zero-order valence-corrected chi connectivity index (χ0v) is 14.1. The lowest BCUT2D eigenvalue weighted by atomic mass is 10.1. The van der Waals surface area contributed by atoms with Crippen LogP contribution in [0.1, 0.15) is 37.9 Å². The third-order valence-corrected chi connectivity index (χ3v) is 5.21. The number of benzene rings is 1. The van der Waals surface area contributed by atoms with Crippen LogP contribution in [0.4, 0.5) is 0 Å². The molecule has 0 radical (unpaired) electrons. The normalized spacial score (nSPS) is 17.8. The number of hydrogen-bond acceptors (Lipinski definition) is 2. The van der Waals surface area contributed by atoms with E-state index in [4.69, 9.17) is 0 Å². The summed E-state index contributed by atoms with van der Waals surface area (Å²) in [5.41, 5.74) is 3.77. The summed E-state index contributed by atoms with van der Waals surface area (Å²) in [5, 5.41) is 2.68. The first-order valence-corrected chi connectivity index (χ1v) is 8.82. The van der Waals surface area contributed by atoms with E-state index in [1.807, 2.05) is 6.20 Å². The number of pyridine rings is 1. The van der Waals surface area contributed by atoms with Crippen molar-refractivity contribution < 1.29 is 0 Å². The molecule has 23 heavy (non-hydrogen) atoms. The number of likely N-dealkylation sites (tertiary alicyclic amines) is 1. The Kier molecular flexibility index (Phi) is 3.82. The Morgan fingerprint density at radius 2 is 1.83 bits per heavy atom. The van der Waals surface area contributed by atoms with Crippen molar-refractivity contribution in [1.29, 1.82) is 0 Å². The van der Waals surface area contributed by atoms with Crippen molar-refractivity contribution >= 4 is 21.8 Å². The van der Waals surface area contributed by atoms with Crippen molar-refractivity contribution in [2.45, 2.75) is 39.2 Å². The van der Waals surface area contributed by atoms with Gasteiger partial charge >= 0.3 is 0 Å².